The lowest BCUT2D eigenvalue weighted by Gasteiger charge is -1.93. The van der Waals surface area contributed by atoms with Crippen molar-refractivity contribution in [1.29, 1.82) is 0 Å². The first-order chi connectivity index (χ1) is 6.15. The smallest absolute Gasteiger partial charge is 0.263 e. The average Bonchev–Trinajstić information content (AvgIpc) is 2.51. The number of hydrogen-bond donors (Lipinski definition) is 0. The Hall–Kier alpha value is -1.38. The highest BCUT2D eigenvalue weighted by atomic mass is 16.3. The van der Waals surface area contributed by atoms with Gasteiger partial charge in [-0.05, 0) is 25.5 Å². The summed E-state index contributed by atoms with van der Waals surface area (Å²) in [6.45, 7) is 3.60. The first-order valence-electron chi connectivity index (χ1n) is 4.29. The fourth-order valence-electron chi connectivity index (χ4n) is 1.03. The van der Waals surface area contributed by atoms with Gasteiger partial charge in [-0.25, -0.2) is 0 Å². The average molecular weight is 180 g/mol. The number of carbonyl (C=O) groups excluding carboxylic acids is 2. The lowest BCUT2D eigenvalue weighted by Crippen LogP contribution is -2.12. The molecule has 0 atom stereocenters. The van der Waals surface area contributed by atoms with Gasteiger partial charge in [0.2, 0.25) is 5.78 Å². The topological polar surface area (TPSA) is 47.3 Å². The van der Waals surface area contributed by atoms with Crippen molar-refractivity contribution in [3.8, 4) is 0 Å². The van der Waals surface area contributed by atoms with Gasteiger partial charge in [-0.15, -0.1) is 0 Å². The molecule has 13 heavy (non-hydrogen) atoms. The van der Waals surface area contributed by atoms with Gasteiger partial charge in [0.15, 0.2) is 5.76 Å². The van der Waals surface area contributed by atoms with Crippen LogP contribution in [0.15, 0.2) is 16.5 Å². The summed E-state index contributed by atoms with van der Waals surface area (Å²) in [5.74, 6) is -0.101. The summed E-state index contributed by atoms with van der Waals surface area (Å²) in [5.41, 5.74) is 0. The second-order valence-corrected chi connectivity index (χ2v) is 2.91. The number of Topliss-reactive ketones (excluding diaryl/α,β-unsaturated/α-hetero) is 2. The highest BCUT2D eigenvalue weighted by Crippen LogP contribution is 2.08. The van der Waals surface area contributed by atoms with Crippen molar-refractivity contribution < 1.29 is 14.0 Å². The molecule has 3 nitrogen and oxygen atoms in total. The Kier molecular flexibility index (Phi) is 3.01. The van der Waals surface area contributed by atoms with Crippen molar-refractivity contribution >= 4 is 11.6 Å². The third kappa shape index (κ3) is 2.28. The second-order valence-electron chi connectivity index (χ2n) is 2.91. The molecule has 1 heterocycles. The molecule has 1 aromatic heterocycles. The first-order valence-corrected chi connectivity index (χ1v) is 4.29. The molecule has 1 aromatic rings. The number of furan rings is 1. The highest BCUT2D eigenvalue weighted by Gasteiger charge is 2.17. The Morgan fingerprint density at radius 3 is 2.54 bits per heavy atom. The molecule has 0 spiro atoms. The van der Waals surface area contributed by atoms with Crippen molar-refractivity contribution in [2.75, 3.05) is 0 Å². The predicted molar refractivity (Wildman–Crippen MR) is 47.7 cm³/mol. The molecule has 70 valence electrons. The number of ketones is 2. The molecule has 0 aliphatic heterocycles. The lowest BCUT2D eigenvalue weighted by molar-refractivity contribution is -0.115. The van der Waals surface area contributed by atoms with E-state index in [4.69, 9.17) is 4.42 Å². The molecule has 0 N–H and O–H groups in total. The molecule has 0 fully saturated rings. The molecule has 0 radical (unpaired) electrons. The Balaban J connectivity index is 2.73. The van der Waals surface area contributed by atoms with Gasteiger partial charge in [-0.3, -0.25) is 9.59 Å². The number of rotatable bonds is 4. The number of aryl methyl sites for hydroxylation is 1. The van der Waals surface area contributed by atoms with Crippen LogP contribution in [0.4, 0.5) is 0 Å². The van der Waals surface area contributed by atoms with Crippen molar-refractivity contribution in [1.82, 2.24) is 0 Å². The van der Waals surface area contributed by atoms with E-state index in [0.29, 0.717) is 18.6 Å². The van der Waals surface area contributed by atoms with Crippen LogP contribution in [0.25, 0.3) is 0 Å². The van der Waals surface area contributed by atoms with E-state index in [1.165, 1.54) is 6.07 Å². The van der Waals surface area contributed by atoms with E-state index in [1.807, 2.05) is 6.92 Å². The Morgan fingerprint density at radius 2 is 2.08 bits per heavy atom. The van der Waals surface area contributed by atoms with Gasteiger partial charge in [0.05, 0.1) is 0 Å². The Morgan fingerprint density at radius 1 is 1.38 bits per heavy atom. The van der Waals surface area contributed by atoms with Crippen LogP contribution in [0.2, 0.25) is 0 Å². The van der Waals surface area contributed by atoms with Crippen LogP contribution in [0.3, 0.4) is 0 Å². The minimum absolute atomic E-state index is 0.149. The van der Waals surface area contributed by atoms with Crippen LogP contribution < -0.4 is 0 Å². The summed E-state index contributed by atoms with van der Waals surface area (Å²) < 4.78 is 5.04. The maximum atomic E-state index is 11.3. The van der Waals surface area contributed by atoms with Gasteiger partial charge < -0.3 is 4.42 Å². The van der Waals surface area contributed by atoms with E-state index in [0.717, 1.165) is 0 Å². The minimum Gasteiger partial charge on any atom is -0.458 e. The van der Waals surface area contributed by atoms with Crippen LogP contribution in [0.1, 0.15) is 36.1 Å². The molecule has 0 unspecified atom stereocenters. The second kappa shape index (κ2) is 4.03. The van der Waals surface area contributed by atoms with E-state index < -0.39 is 5.78 Å². The molecule has 3 heteroatoms. The van der Waals surface area contributed by atoms with Crippen molar-refractivity contribution in [3.63, 3.8) is 0 Å². The normalized spacial score (nSPS) is 10.0. The third-order valence-electron chi connectivity index (χ3n) is 1.69. The van der Waals surface area contributed by atoms with Crippen LogP contribution >= 0.6 is 0 Å². The molecule has 0 aliphatic carbocycles. The molecule has 0 aromatic carbocycles. The largest absolute Gasteiger partial charge is 0.458 e. The van der Waals surface area contributed by atoms with Crippen molar-refractivity contribution in [2.45, 2.75) is 26.7 Å². The van der Waals surface area contributed by atoms with E-state index >= 15 is 0 Å². The summed E-state index contributed by atoms with van der Waals surface area (Å²) >= 11 is 0. The molecule has 0 bridgehead atoms. The van der Waals surface area contributed by atoms with Crippen molar-refractivity contribution in [3.05, 3.63) is 23.7 Å². The number of hydrogen-bond acceptors (Lipinski definition) is 3. The van der Waals surface area contributed by atoms with Crippen LogP contribution in [0, 0.1) is 6.92 Å². The quantitative estimate of drug-likeness (QED) is 0.526. The summed E-state index contributed by atoms with van der Waals surface area (Å²) in [6.07, 6.45) is 0.975. The zero-order chi connectivity index (χ0) is 9.84. The third-order valence-corrected chi connectivity index (χ3v) is 1.69. The Labute approximate surface area is 76.7 Å². The first kappa shape index (κ1) is 9.71. The van der Waals surface area contributed by atoms with Crippen LogP contribution in [0.5, 0.6) is 0 Å². The molecular weight excluding hydrogens is 168 g/mol. The Bertz CT molecular complexity index is 323. The molecule has 1 rings (SSSR count). The summed E-state index contributed by atoms with van der Waals surface area (Å²) in [7, 11) is 0. The SMILES string of the molecule is CCCC(=O)C(=O)c1ccc(C)o1. The van der Waals surface area contributed by atoms with E-state index in [-0.39, 0.29) is 11.5 Å². The van der Waals surface area contributed by atoms with Gasteiger partial charge >= 0.3 is 0 Å². The van der Waals surface area contributed by atoms with Crippen LogP contribution in [-0.2, 0) is 4.79 Å². The van der Waals surface area contributed by atoms with Gasteiger partial charge in [0.25, 0.3) is 5.78 Å². The summed E-state index contributed by atoms with van der Waals surface area (Å²) in [6, 6.07) is 3.21. The summed E-state index contributed by atoms with van der Waals surface area (Å²) in [5, 5.41) is 0. The maximum absolute atomic E-state index is 11.3. The minimum atomic E-state index is -0.519. The van der Waals surface area contributed by atoms with E-state index in [9.17, 15) is 9.59 Å². The molecule has 0 aliphatic rings. The fourth-order valence-corrected chi connectivity index (χ4v) is 1.03. The van der Waals surface area contributed by atoms with E-state index in [1.54, 1.807) is 13.0 Å². The maximum Gasteiger partial charge on any atom is 0.263 e. The zero-order valence-electron chi connectivity index (χ0n) is 7.79. The molecule has 0 saturated heterocycles. The molecule has 0 saturated carbocycles. The van der Waals surface area contributed by atoms with Crippen LogP contribution in [-0.4, -0.2) is 11.6 Å². The van der Waals surface area contributed by atoms with Crippen molar-refractivity contribution in [2.24, 2.45) is 0 Å². The zero-order valence-corrected chi connectivity index (χ0v) is 7.79. The van der Waals surface area contributed by atoms with Gasteiger partial charge in [-0.2, -0.15) is 0 Å². The fraction of sp³-hybridized carbons (Fsp3) is 0.400. The highest BCUT2D eigenvalue weighted by molar-refractivity contribution is 6.42. The monoisotopic (exact) mass is 180 g/mol. The van der Waals surface area contributed by atoms with Gasteiger partial charge in [-0.1, -0.05) is 6.92 Å². The predicted octanol–water partition coefficient (Wildman–Crippen LogP) is 2.14. The standard InChI is InChI=1S/C10H12O3/c1-3-4-8(11)10(12)9-6-5-7(2)13-9/h5-6H,3-4H2,1-2H3. The van der Waals surface area contributed by atoms with Gasteiger partial charge in [0.1, 0.15) is 5.76 Å². The van der Waals surface area contributed by atoms with Gasteiger partial charge in [0, 0.05) is 6.42 Å². The summed E-state index contributed by atoms with van der Waals surface area (Å²) in [4.78, 5) is 22.4. The van der Waals surface area contributed by atoms with E-state index in [2.05, 4.69) is 0 Å². The molecular formula is C10H12O3. The number of carbonyl (C=O) groups is 2. The lowest BCUT2D eigenvalue weighted by atomic mass is 10.1. The molecule has 0 amide bonds.